The first-order valence-corrected chi connectivity index (χ1v) is 6.06. The van der Waals surface area contributed by atoms with Gasteiger partial charge in [0.1, 0.15) is 0 Å². The highest BCUT2D eigenvalue weighted by Gasteiger charge is 2.13. The molecule has 1 rings (SSSR count). The van der Waals surface area contributed by atoms with E-state index in [0.717, 1.165) is 12.5 Å². The Kier molecular flexibility index (Phi) is 6.41. The van der Waals surface area contributed by atoms with Crippen LogP contribution in [0, 0.1) is 5.92 Å². The maximum absolute atomic E-state index is 11.0. The molecular formula is C12H22O3. The zero-order valence-corrected chi connectivity index (χ0v) is 9.67. The van der Waals surface area contributed by atoms with E-state index < -0.39 is 0 Å². The third kappa shape index (κ3) is 5.78. The van der Waals surface area contributed by atoms with Crippen molar-refractivity contribution in [3.63, 3.8) is 0 Å². The van der Waals surface area contributed by atoms with Crippen LogP contribution in [0.1, 0.15) is 45.4 Å². The Balaban J connectivity index is 1.93. The van der Waals surface area contributed by atoms with Crippen molar-refractivity contribution in [3.8, 4) is 0 Å². The van der Waals surface area contributed by atoms with Gasteiger partial charge in [0.05, 0.1) is 19.6 Å². The topological polar surface area (TPSA) is 35.5 Å². The zero-order chi connectivity index (χ0) is 10.9. The average molecular weight is 214 g/mol. The van der Waals surface area contributed by atoms with E-state index in [9.17, 15) is 4.79 Å². The molecule has 1 aliphatic carbocycles. The van der Waals surface area contributed by atoms with Crippen molar-refractivity contribution in [1.82, 2.24) is 0 Å². The van der Waals surface area contributed by atoms with Crippen LogP contribution in [0.4, 0.5) is 0 Å². The Morgan fingerprint density at radius 1 is 1.27 bits per heavy atom. The molecule has 0 heterocycles. The zero-order valence-electron chi connectivity index (χ0n) is 9.67. The predicted octanol–water partition coefficient (Wildman–Crippen LogP) is 2.54. The minimum Gasteiger partial charge on any atom is -0.466 e. The van der Waals surface area contributed by atoms with Crippen LogP contribution in [0.25, 0.3) is 0 Å². The summed E-state index contributed by atoms with van der Waals surface area (Å²) >= 11 is 0. The lowest BCUT2D eigenvalue weighted by Crippen LogP contribution is -2.15. The SMILES string of the molecule is CCOC(=O)CCOCC1CCCCC1. The van der Waals surface area contributed by atoms with Crippen molar-refractivity contribution in [3.05, 3.63) is 0 Å². The van der Waals surface area contributed by atoms with Crippen molar-refractivity contribution >= 4 is 5.97 Å². The maximum Gasteiger partial charge on any atom is 0.308 e. The Hall–Kier alpha value is -0.570. The molecule has 0 spiro atoms. The van der Waals surface area contributed by atoms with Crippen molar-refractivity contribution in [1.29, 1.82) is 0 Å². The fraction of sp³-hybridized carbons (Fsp3) is 0.917. The van der Waals surface area contributed by atoms with Gasteiger partial charge in [-0.1, -0.05) is 19.3 Å². The van der Waals surface area contributed by atoms with Gasteiger partial charge in [0.25, 0.3) is 0 Å². The van der Waals surface area contributed by atoms with Crippen molar-refractivity contribution in [2.45, 2.75) is 45.4 Å². The molecule has 0 aliphatic heterocycles. The van der Waals surface area contributed by atoms with Gasteiger partial charge >= 0.3 is 5.97 Å². The van der Waals surface area contributed by atoms with Crippen molar-refractivity contribution in [2.75, 3.05) is 19.8 Å². The number of hydrogen-bond donors (Lipinski definition) is 0. The molecule has 0 N–H and O–H groups in total. The van der Waals surface area contributed by atoms with Gasteiger partial charge in [0.15, 0.2) is 0 Å². The highest BCUT2D eigenvalue weighted by molar-refractivity contribution is 5.69. The molecule has 3 heteroatoms. The van der Waals surface area contributed by atoms with E-state index in [0.29, 0.717) is 19.6 Å². The fourth-order valence-corrected chi connectivity index (χ4v) is 1.99. The lowest BCUT2D eigenvalue weighted by atomic mass is 9.90. The molecule has 0 radical (unpaired) electrons. The van der Waals surface area contributed by atoms with Gasteiger partial charge < -0.3 is 9.47 Å². The second kappa shape index (κ2) is 7.69. The molecule has 0 aromatic heterocycles. The first-order chi connectivity index (χ1) is 7.33. The Morgan fingerprint density at radius 3 is 2.67 bits per heavy atom. The first-order valence-electron chi connectivity index (χ1n) is 6.06. The summed E-state index contributed by atoms with van der Waals surface area (Å²) in [4.78, 5) is 11.0. The maximum atomic E-state index is 11.0. The monoisotopic (exact) mass is 214 g/mol. The number of esters is 1. The van der Waals surface area contributed by atoms with E-state index in [2.05, 4.69) is 0 Å². The first kappa shape index (κ1) is 12.5. The number of rotatable bonds is 6. The Labute approximate surface area is 92.1 Å². The standard InChI is InChI=1S/C12H22O3/c1-2-15-12(13)8-9-14-10-11-6-4-3-5-7-11/h11H,2-10H2,1H3. The van der Waals surface area contributed by atoms with Crippen LogP contribution in [0.3, 0.4) is 0 Å². The van der Waals surface area contributed by atoms with Gasteiger partial charge in [-0.3, -0.25) is 4.79 Å². The average Bonchev–Trinajstić information content (AvgIpc) is 2.26. The van der Waals surface area contributed by atoms with E-state index in [1.54, 1.807) is 0 Å². The van der Waals surface area contributed by atoms with Gasteiger partial charge in [-0.25, -0.2) is 0 Å². The molecule has 0 aromatic rings. The molecular weight excluding hydrogens is 192 g/mol. The predicted molar refractivity (Wildman–Crippen MR) is 58.6 cm³/mol. The molecule has 0 unspecified atom stereocenters. The number of hydrogen-bond acceptors (Lipinski definition) is 3. The lowest BCUT2D eigenvalue weighted by molar-refractivity contribution is -0.144. The van der Waals surface area contributed by atoms with Gasteiger partial charge in [0.2, 0.25) is 0 Å². The minimum atomic E-state index is -0.152. The fourth-order valence-electron chi connectivity index (χ4n) is 1.99. The molecule has 0 amide bonds. The lowest BCUT2D eigenvalue weighted by Gasteiger charge is -2.21. The quantitative estimate of drug-likeness (QED) is 0.503. The number of carbonyl (C=O) groups is 1. The number of carbonyl (C=O) groups excluding carboxylic acids is 1. The molecule has 88 valence electrons. The van der Waals surface area contributed by atoms with Crippen LogP contribution in [0.2, 0.25) is 0 Å². The summed E-state index contributed by atoms with van der Waals surface area (Å²) in [6.45, 7) is 3.61. The summed E-state index contributed by atoms with van der Waals surface area (Å²) < 4.78 is 10.3. The van der Waals surface area contributed by atoms with E-state index in [-0.39, 0.29) is 5.97 Å². The Morgan fingerprint density at radius 2 is 2.00 bits per heavy atom. The summed E-state index contributed by atoms with van der Waals surface area (Å²) in [5, 5.41) is 0. The summed E-state index contributed by atoms with van der Waals surface area (Å²) in [6, 6.07) is 0. The third-order valence-corrected chi connectivity index (χ3v) is 2.83. The van der Waals surface area contributed by atoms with Crippen LogP contribution < -0.4 is 0 Å². The molecule has 1 fully saturated rings. The summed E-state index contributed by atoms with van der Waals surface area (Å²) in [5.41, 5.74) is 0. The summed E-state index contributed by atoms with van der Waals surface area (Å²) in [5.74, 6) is 0.571. The van der Waals surface area contributed by atoms with Crippen LogP contribution in [-0.4, -0.2) is 25.8 Å². The van der Waals surface area contributed by atoms with Crippen LogP contribution in [0.15, 0.2) is 0 Å². The van der Waals surface area contributed by atoms with E-state index in [4.69, 9.17) is 9.47 Å². The number of ether oxygens (including phenoxy) is 2. The second-order valence-electron chi connectivity index (χ2n) is 4.13. The van der Waals surface area contributed by atoms with Crippen LogP contribution >= 0.6 is 0 Å². The summed E-state index contributed by atoms with van der Waals surface area (Å²) in [6.07, 6.45) is 7.02. The largest absolute Gasteiger partial charge is 0.466 e. The van der Waals surface area contributed by atoms with E-state index >= 15 is 0 Å². The molecule has 0 aromatic carbocycles. The summed E-state index contributed by atoms with van der Waals surface area (Å²) in [7, 11) is 0. The highest BCUT2D eigenvalue weighted by Crippen LogP contribution is 2.23. The van der Waals surface area contributed by atoms with Gasteiger partial charge in [-0.2, -0.15) is 0 Å². The molecule has 0 saturated heterocycles. The molecule has 3 nitrogen and oxygen atoms in total. The van der Waals surface area contributed by atoms with Crippen molar-refractivity contribution < 1.29 is 14.3 Å². The minimum absolute atomic E-state index is 0.152. The van der Waals surface area contributed by atoms with Crippen LogP contribution in [-0.2, 0) is 14.3 Å². The van der Waals surface area contributed by atoms with Gasteiger partial charge in [-0.05, 0) is 25.7 Å². The highest BCUT2D eigenvalue weighted by atomic mass is 16.5. The van der Waals surface area contributed by atoms with Gasteiger partial charge in [0, 0.05) is 6.61 Å². The van der Waals surface area contributed by atoms with E-state index in [1.165, 1.54) is 32.1 Å². The van der Waals surface area contributed by atoms with Crippen LogP contribution in [0.5, 0.6) is 0 Å². The van der Waals surface area contributed by atoms with E-state index in [1.807, 2.05) is 6.92 Å². The molecule has 0 atom stereocenters. The molecule has 15 heavy (non-hydrogen) atoms. The van der Waals surface area contributed by atoms with Gasteiger partial charge in [-0.15, -0.1) is 0 Å². The van der Waals surface area contributed by atoms with Crippen molar-refractivity contribution in [2.24, 2.45) is 5.92 Å². The third-order valence-electron chi connectivity index (χ3n) is 2.83. The smallest absolute Gasteiger partial charge is 0.308 e. The molecule has 1 aliphatic rings. The second-order valence-corrected chi connectivity index (χ2v) is 4.13. The normalized spacial score (nSPS) is 17.7. The molecule has 1 saturated carbocycles. The Bertz CT molecular complexity index is 174. The molecule has 0 bridgehead atoms.